The third kappa shape index (κ3) is 20.8. The van der Waals surface area contributed by atoms with Gasteiger partial charge in [-0.25, -0.2) is 4.79 Å². The van der Waals surface area contributed by atoms with Gasteiger partial charge in [0, 0.05) is 19.4 Å². The number of benzene rings is 1. The fraction of sp³-hybridized carbons (Fsp3) is 0.630. The Balaban J connectivity index is 2.25. The van der Waals surface area contributed by atoms with Crippen LogP contribution in [0.1, 0.15) is 92.1 Å². The Kier molecular flexibility index (Phi) is 25.3. The van der Waals surface area contributed by atoms with Crippen LogP contribution in [0.25, 0.3) is 0 Å². The Bertz CT molecular complexity index is 2060. The minimum absolute atomic E-state index is 0.0491. The van der Waals surface area contributed by atoms with Crippen LogP contribution < -0.4 is 43.0 Å². The first-order valence-corrected chi connectivity index (χ1v) is 24.7. The van der Waals surface area contributed by atoms with Crippen molar-refractivity contribution in [3.05, 3.63) is 29.8 Å². The molecule has 71 heavy (non-hydrogen) atoms. The molecule has 1 aromatic rings. The van der Waals surface area contributed by atoms with E-state index in [0.717, 1.165) is 0 Å². The predicted molar refractivity (Wildman–Crippen MR) is 258 cm³/mol. The third-order valence-corrected chi connectivity index (χ3v) is 12.0. The molecular weight excluding hydrogens is 951 g/mol. The fourth-order valence-corrected chi connectivity index (χ4v) is 7.97. The van der Waals surface area contributed by atoms with E-state index in [4.69, 9.17) is 5.73 Å². The number of nitrogens with one attached hydrogen (secondary N) is 7. The molecule has 1 heterocycles. The summed E-state index contributed by atoms with van der Waals surface area (Å²) in [6, 6.07) is -4.88. The quantitative estimate of drug-likeness (QED) is 0.0431. The highest BCUT2D eigenvalue weighted by molar-refractivity contribution is 7.98. The van der Waals surface area contributed by atoms with Crippen molar-refractivity contribution in [3.63, 3.8) is 0 Å². The molecule has 2 rings (SSSR count). The van der Waals surface area contributed by atoms with E-state index in [0.29, 0.717) is 24.2 Å². The van der Waals surface area contributed by atoms with E-state index in [9.17, 15) is 73.2 Å². The van der Waals surface area contributed by atoms with Gasteiger partial charge in [0.05, 0.1) is 19.0 Å². The Morgan fingerprint density at radius 2 is 1.27 bits per heavy atom. The van der Waals surface area contributed by atoms with Crippen LogP contribution in [0.5, 0.6) is 5.75 Å². The number of carboxylic acids is 3. The highest BCUT2D eigenvalue weighted by Gasteiger charge is 2.39. The summed E-state index contributed by atoms with van der Waals surface area (Å²) in [5, 5.41) is 55.5. The predicted octanol–water partition coefficient (Wildman–Crippen LogP) is -1.19. The molecule has 1 aliphatic rings. The van der Waals surface area contributed by atoms with Gasteiger partial charge < -0.3 is 68.3 Å². The van der Waals surface area contributed by atoms with Crippen molar-refractivity contribution < 1.29 is 73.2 Å². The molecule has 0 aromatic heterocycles. The number of thioether (sulfide) groups is 1. The molecule has 8 amide bonds. The first kappa shape index (κ1) is 60.6. The summed E-state index contributed by atoms with van der Waals surface area (Å²) in [5.74, 6) is -12.0. The molecule has 1 fully saturated rings. The molecule has 8 atom stereocenters. The standard InChI is InChI=1S/C46H71N9O15S/c1-23(2)19-30(41(64)53-37(24(3)4)44(67)52-31(20-26-10-12-27(56)13-11-26)42(65)54-38(25(5)6)46(69)70)51-40(63)32(21-36(60)61)49-34(57)22-48-39(62)29(14-15-35(58)59)50-43(66)33-9-8-17-55(33)45(68)28(47)16-18-71-7/h10-13,23-25,28-33,37-38,56H,8-9,14-22,47H2,1-7H3,(H,48,62)(H,49,57)(H,50,66)(H,51,63)(H,52,67)(H,53,64)(H,54,65)(H,58,59)(H,60,61)(H,69,70)/t28-,29-,30-,31-,32-,33-,37-,38-/m0/s1. The Morgan fingerprint density at radius 1 is 0.690 bits per heavy atom. The SMILES string of the molecule is CSCC[C@H](N)C(=O)N1CCC[C@H]1C(=O)N[C@@H](CCC(=O)O)C(=O)NCC(=O)N[C@@H](CC(=O)O)C(=O)N[C@@H](CC(C)C)C(=O)N[C@H](C(=O)N[C@@H](Cc1ccc(O)cc1)C(=O)N[C@H](C(=O)O)C(C)C)C(C)C. The van der Waals surface area contributed by atoms with Crippen LogP contribution in [0, 0.1) is 17.8 Å². The van der Waals surface area contributed by atoms with E-state index in [2.05, 4.69) is 37.2 Å². The van der Waals surface area contributed by atoms with Gasteiger partial charge in [-0.1, -0.05) is 53.7 Å². The summed E-state index contributed by atoms with van der Waals surface area (Å²) in [6.07, 6.45) is 0.779. The molecule has 396 valence electrons. The number of aliphatic carboxylic acids is 3. The molecule has 24 nitrogen and oxygen atoms in total. The first-order chi connectivity index (χ1) is 33.2. The summed E-state index contributed by atoms with van der Waals surface area (Å²) in [6.45, 7) is 9.13. The fourth-order valence-electron chi connectivity index (χ4n) is 7.48. The second kappa shape index (κ2) is 29.6. The number of nitrogens with zero attached hydrogens (tertiary/aromatic N) is 1. The minimum atomic E-state index is -1.82. The molecular formula is C46H71N9O15S. The van der Waals surface area contributed by atoms with E-state index >= 15 is 0 Å². The zero-order valence-corrected chi connectivity index (χ0v) is 42.0. The van der Waals surface area contributed by atoms with Crippen molar-refractivity contribution in [3.8, 4) is 5.75 Å². The Labute approximate surface area is 416 Å². The molecule has 1 aliphatic heterocycles. The maximum atomic E-state index is 13.9. The summed E-state index contributed by atoms with van der Waals surface area (Å²) in [7, 11) is 0. The topological polar surface area (TPSA) is 382 Å². The molecule has 0 unspecified atom stereocenters. The van der Waals surface area contributed by atoms with Crippen molar-refractivity contribution >= 4 is 76.9 Å². The van der Waals surface area contributed by atoms with Gasteiger partial charge >= 0.3 is 17.9 Å². The molecule has 1 saturated heterocycles. The van der Waals surface area contributed by atoms with Crippen molar-refractivity contribution in [2.45, 2.75) is 141 Å². The second-order valence-electron chi connectivity index (χ2n) is 18.4. The first-order valence-electron chi connectivity index (χ1n) is 23.3. The van der Waals surface area contributed by atoms with Crippen LogP contribution in [0.3, 0.4) is 0 Å². The van der Waals surface area contributed by atoms with Gasteiger partial charge in [-0.05, 0) is 79.6 Å². The van der Waals surface area contributed by atoms with E-state index in [1.807, 2.05) is 6.26 Å². The molecule has 0 bridgehead atoms. The number of hydrogen-bond acceptors (Lipinski definition) is 14. The maximum absolute atomic E-state index is 13.9. The summed E-state index contributed by atoms with van der Waals surface area (Å²) < 4.78 is 0. The lowest BCUT2D eigenvalue weighted by Crippen LogP contribution is -2.61. The molecule has 0 spiro atoms. The molecule has 1 aromatic carbocycles. The average molecular weight is 1020 g/mol. The smallest absolute Gasteiger partial charge is 0.326 e. The Hall–Kier alpha value is -6.50. The highest BCUT2D eigenvalue weighted by Crippen LogP contribution is 2.20. The van der Waals surface area contributed by atoms with E-state index in [-0.39, 0.29) is 37.5 Å². The van der Waals surface area contributed by atoms with Crippen molar-refractivity contribution in [2.24, 2.45) is 23.5 Å². The van der Waals surface area contributed by atoms with Gasteiger partial charge in [0.2, 0.25) is 47.3 Å². The van der Waals surface area contributed by atoms with Crippen LogP contribution in [-0.4, -0.2) is 164 Å². The maximum Gasteiger partial charge on any atom is 0.326 e. The average Bonchev–Trinajstić information content (AvgIpc) is 3.79. The van der Waals surface area contributed by atoms with Crippen LogP contribution in [-0.2, 0) is 59.2 Å². The summed E-state index contributed by atoms with van der Waals surface area (Å²) >= 11 is 1.50. The van der Waals surface area contributed by atoms with Crippen LogP contribution in [0.4, 0.5) is 0 Å². The van der Waals surface area contributed by atoms with Crippen molar-refractivity contribution in [1.29, 1.82) is 0 Å². The molecule has 0 aliphatic carbocycles. The molecule has 0 radical (unpaired) electrons. The van der Waals surface area contributed by atoms with E-state index in [1.165, 1.54) is 40.9 Å². The van der Waals surface area contributed by atoms with Gasteiger partial charge in [0.25, 0.3) is 0 Å². The number of phenolic OH excluding ortho intramolecular Hbond substituents is 1. The largest absolute Gasteiger partial charge is 0.508 e. The van der Waals surface area contributed by atoms with Gasteiger partial charge in [-0.3, -0.25) is 47.9 Å². The lowest BCUT2D eigenvalue weighted by molar-refractivity contribution is -0.143. The summed E-state index contributed by atoms with van der Waals surface area (Å²) in [5.41, 5.74) is 6.55. The number of carbonyl (C=O) groups is 11. The van der Waals surface area contributed by atoms with Gasteiger partial charge in [0.15, 0.2) is 0 Å². The number of hydrogen-bond donors (Lipinski definition) is 12. The van der Waals surface area contributed by atoms with Crippen molar-refractivity contribution in [2.75, 3.05) is 25.1 Å². The van der Waals surface area contributed by atoms with Crippen molar-refractivity contribution in [1.82, 2.24) is 42.1 Å². The van der Waals surface area contributed by atoms with E-state index in [1.54, 1.807) is 41.5 Å². The third-order valence-electron chi connectivity index (χ3n) is 11.3. The normalized spacial score (nSPS) is 16.3. The zero-order valence-electron chi connectivity index (χ0n) is 41.2. The number of carboxylic acid groups (broad SMARTS) is 3. The Morgan fingerprint density at radius 3 is 1.82 bits per heavy atom. The number of rotatable bonds is 30. The number of amides is 8. The molecule has 13 N–H and O–H groups in total. The summed E-state index contributed by atoms with van der Waals surface area (Å²) in [4.78, 5) is 145. The number of phenols is 1. The monoisotopic (exact) mass is 1020 g/mol. The van der Waals surface area contributed by atoms with Crippen LogP contribution >= 0.6 is 11.8 Å². The van der Waals surface area contributed by atoms with Gasteiger partial charge in [0.1, 0.15) is 48.0 Å². The number of likely N-dealkylation sites (tertiary alicyclic amines) is 1. The lowest BCUT2D eigenvalue weighted by Gasteiger charge is -2.29. The van der Waals surface area contributed by atoms with Crippen LogP contribution in [0.2, 0.25) is 0 Å². The minimum Gasteiger partial charge on any atom is -0.508 e. The second-order valence-corrected chi connectivity index (χ2v) is 19.4. The number of aromatic hydroxyl groups is 1. The number of carbonyl (C=O) groups excluding carboxylic acids is 8. The molecule has 25 heteroatoms. The van der Waals surface area contributed by atoms with Gasteiger partial charge in [-0.2, -0.15) is 11.8 Å². The number of nitrogens with two attached hydrogens (primary N) is 1. The highest BCUT2D eigenvalue weighted by atomic mass is 32.2. The van der Waals surface area contributed by atoms with E-state index < -0.39 is 151 Å². The van der Waals surface area contributed by atoms with Crippen LogP contribution in [0.15, 0.2) is 24.3 Å². The molecule has 0 saturated carbocycles. The zero-order chi connectivity index (χ0) is 53.7. The van der Waals surface area contributed by atoms with Gasteiger partial charge in [-0.15, -0.1) is 0 Å². The lowest BCUT2D eigenvalue weighted by atomic mass is 9.98.